The zero-order valence-corrected chi connectivity index (χ0v) is 62.1. The first-order valence-corrected chi connectivity index (χ1v) is 31.6. The molecule has 24 nitrogen and oxygen atoms in total. The maximum atomic E-state index is 13.0. The van der Waals surface area contributed by atoms with Crippen molar-refractivity contribution in [2.75, 3.05) is 59.9 Å². The van der Waals surface area contributed by atoms with Crippen LogP contribution in [-0.4, -0.2) is 149 Å². The number of phenols is 2. The number of benzene rings is 5. The van der Waals surface area contributed by atoms with Gasteiger partial charge in [0.25, 0.3) is 0 Å². The number of nitrogens with zero attached hydrogens (tertiary/aromatic N) is 3. The first-order valence-electron chi connectivity index (χ1n) is 25.8. The van der Waals surface area contributed by atoms with Crippen LogP contribution in [0.25, 0.3) is 11.1 Å². The molecule has 5 aromatic rings. The van der Waals surface area contributed by atoms with Crippen molar-refractivity contribution < 1.29 is 103 Å². The van der Waals surface area contributed by atoms with Gasteiger partial charge < -0.3 is 59.9 Å². The van der Waals surface area contributed by atoms with Crippen molar-refractivity contribution >= 4 is 84.7 Å². The van der Waals surface area contributed by atoms with Gasteiger partial charge in [0.15, 0.2) is 0 Å². The van der Waals surface area contributed by atoms with Crippen molar-refractivity contribution in [2.45, 2.75) is 67.6 Å². The van der Waals surface area contributed by atoms with Gasteiger partial charge in [0.2, 0.25) is 5.91 Å². The summed E-state index contributed by atoms with van der Waals surface area (Å²) in [5, 5.41) is 23.1. The third kappa shape index (κ3) is 25.9. The molecule has 2 amide bonds. The molecule has 0 bridgehead atoms. The van der Waals surface area contributed by atoms with Gasteiger partial charge in [0, 0.05) is 65.8 Å². The van der Waals surface area contributed by atoms with Crippen molar-refractivity contribution in [3.63, 3.8) is 0 Å². The van der Waals surface area contributed by atoms with Gasteiger partial charge in [-0.25, -0.2) is 23.5 Å². The van der Waals surface area contributed by atoms with Crippen LogP contribution in [0, 0.1) is 0 Å². The fraction of sp³-hybridized carbons (Fsp3) is 0.345. The smallest absolute Gasteiger partial charge is 0.507 e. The Morgan fingerprint density at radius 1 is 0.742 bits per heavy atom. The van der Waals surface area contributed by atoms with E-state index in [-0.39, 0.29) is 95.2 Å². The van der Waals surface area contributed by atoms with Crippen LogP contribution in [0.4, 0.5) is 9.59 Å². The molecule has 0 spiro atoms. The number of methoxy groups -OCH3 is 1. The molecule has 34 heteroatoms. The van der Waals surface area contributed by atoms with Gasteiger partial charge in [0.1, 0.15) is 48.9 Å². The predicted molar refractivity (Wildman–Crippen MR) is 319 cm³/mol. The number of nitrogens with one attached hydrogen (secondary N) is 1. The number of phosphoric acid groups is 2. The van der Waals surface area contributed by atoms with Crippen LogP contribution in [0.5, 0.6) is 23.0 Å². The van der Waals surface area contributed by atoms with Crippen LogP contribution in [0.1, 0.15) is 65.0 Å². The average Bonchev–Trinajstić information content (AvgIpc) is 2.05. The molecule has 0 aliphatic heterocycles. The van der Waals surface area contributed by atoms with E-state index in [2.05, 4.69) is 41.2 Å². The summed E-state index contributed by atoms with van der Waals surface area (Å²) in [6, 6.07) is 27.2. The predicted octanol–water partition coefficient (Wildman–Crippen LogP) is 7.82. The number of fused-ring (bicyclic) bond motifs is 3. The van der Waals surface area contributed by atoms with Crippen LogP contribution in [0.3, 0.4) is 0 Å². The Balaban J connectivity index is 0.00000168. The third-order valence-electron chi connectivity index (χ3n) is 12.3. The topological polar surface area (TPSA) is 371 Å². The molecule has 1 aliphatic rings. The molecule has 89 heavy (non-hydrogen) atoms. The van der Waals surface area contributed by atoms with E-state index < -0.39 is 51.3 Å². The number of nitrogens with two attached hydrogens (primary N) is 2. The minimum atomic E-state index is -4.81. The SMILES string of the molecule is COC(=O)COCCc1cc(COC(=O)Cl)ccc1SSCC(NC(=O)OCC1c2ccccc2-c2ccccc21)C(=O)N(C)C.NCCCC(N=Cc1cc(OP(=O)(O)O)ccc1O)C(CCCN)N=Cc1cc(OP(=O)(O)O)ccc1O.[Cu+2].[Fm].[Fm].[Fm].[Fm]. The zero-order valence-electron chi connectivity index (χ0n) is 47.4. The molecular weight excluding hydrogens is 2290 g/mol. The molecule has 0 saturated heterocycles. The van der Waals surface area contributed by atoms with E-state index in [9.17, 15) is 38.5 Å². The zero-order chi connectivity index (χ0) is 61.4. The third-order valence-corrected chi connectivity index (χ3v) is 15.8. The molecule has 1 aliphatic carbocycles. The number of hydrogen-bond donors (Lipinski definition) is 9. The van der Waals surface area contributed by atoms with Gasteiger partial charge in [-0.15, -0.1) is 0 Å². The summed E-state index contributed by atoms with van der Waals surface area (Å²) >= 11 is 5.32. The standard InChI is InChI=1S/C33H35ClN2O8S2.C22H32N4O10P2.Cu.4Fm/c1-36(2)31(38)28(35-33(40)44-18-27-25-10-6-4-8-23(25)24-9-5-7-11-26(24)27)20-45-46-29-13-12-21(17-43-32(34)39)16-22(29)14-15-42-19-30(37)41-3;23-9-1-3-19(25-13-15-11-17(5-7-21(15)27)35-37(29,30)31)20(4-2-10-24)26-14-16-12-18(6-8-22(16)28)36-38(32,33)34;;;;;/h4-13,16,27-28H,14-15,17-20H2,1-3H3,(H,35,40);5-8,11-14,19-20,27-28H,1-4,9-10,23-24H2,(H2,29,30,31)(H2,32,33,34);;;;;/q;;+2;;;;. The maximum Gasteiger partial charge on any atom is 2.00 e. The van der Waals surface area contributed by atoms with E-state index in [0.29, 0.717) is 45.2 Å². The van der Waals surface area contributed by atoms with Crippen LogP contribution < -0.4 is 25.8 Å². The Morgan fingerprint density at radius 2 is 1.25 bits per heavy atom. The van der Waals surface area contributed by atoms with Crippen molar-refractivity contribution in [1.82, 2.24) is 10.2 Å². The number of alkyl carbamates (subject to hydrolysis) is 1. The van der Waals surface area contributed by atoms with E-state index in [0.717, 1.165) is 38.3 Å². The number of phenolic OH excluding ortho intramolecular Hbond substituents is 2. The number of ether oxygens (including phenoxy) is 4. The van der Waals surface area contributed by atoms with Crippen molar-refractivity contribution in [2.24, 2.45) is 21.5 Å². The Bertz CT molecular complexity index is 3080. The molecule has 3 atom stereocenters. The van der Waals surface area contributed by atoms with Crippen LogP contribution in [-0.2, 0) is 67.8 Å². The van der Waals surface area contributed by atoms with Gasteiger partial charge in [-0.2, -0.15) is 0 Å². The first kappa shape index (κ1) is 79.0. The fourth-order valence-electron chi connectivity index (χ4n) is 8.37. The molecule has 0 fully saturated rings. The number of hydrogen-bond acceptors (Lipinski definition) is 20. The van der Waals surface area contributed by atoms with Crippen LogP contribution in [0.2, 0.25) is 0 Å². The van der Waals surface area contributed by atoms with Crippen molar-refractivity contribution in [1.29, 1.82) is 0 Å². The number of likely N-dealkylation sites (N-methyl/N-ethyl adjacent to an activating group) is 1. The molecular formula is C55H67ClCuFm4N6O18P2S2+2. The van der Waals surface area contributed by atoms with Gasteiger partial charge in [0.05, 0.1) is 25.8 Å². The molecule has 0 aromatic heterocycles. The summed E-state index contributed by atoms with van der Waals surface area (Å²) in [5.74, 6) is -1.31. The summed E-state index contributed by atoms with van der Waals surface area (Å²) in [6.45, 7) is 0.957. The number of carbonyl (C=O) groups excluding carboxylic acids is 4. The molecule has 5 aromatic carbocycles. The largest absolute Gasteiger partial charge is 2.00 e. The van der Waals surface area contributed by atoms with Gasteiger partial charge in [-0.3, -0.25) is 34.4 Å². The van der Waals surface area contributed by atoms with E-state index in [4.69, 9.17) is 56.9 Å². The number of carbonyl (C=O) groups is 4. The van der Waals surface area contributed by atoms with Crippen molar-refractivity contribution in [3.05, 3.63) is 137 Å². The maximum absolute atomic E-state index is 13.0. The second-order valence-corrected chi connectivity index (χ2v) is 23.6. The molecule has 11 N–H and O–H groups in total. The second kappa shape index (κ2) is 38.2. The van der Waals surface area contributed by atoms with E-state index in [1.807, 2.05) is 48.5 Å². The fourth-order valence-corrected chi connectivity index (χ4v) is 11.6. The quantitative estimate of drug-likeness (QED) is 0.00309. The summed E-state index contributed by atoms with van der Waals surface area (Å²) < 4.78 is 52.0. The Labute approximate surface area is 514 Å². The summed E-state index contributed by atoms with van der Waals surface area (Å²) in [4.78, 5) is 96.0. The normalized spacial score (nSPS) is 12.5. The van der Waals surface area contributed by atoms with Crippen LogP contribution in [0.15, 0.2) is 118 Å². The number of aromatic hydroxyl groups is 2. The minimum Gasteiger partial charge on any atom is -0.507 e. The number of phosphoric ester groups is 2. The molecule has 0 heterocycles. The van der Waals surface area contributed by atoms with E-state index in [1.165, 1.54) is 82.4 Å². The Kier molecular flexibility index (Phi) is 33.9. The number of aliphatic imine (C=N–C) groups is 2. The van der Waals surface area contributed by atoms with Crippen molar-refractivity contribution in [3.8, 4) is 34.1 Å². The summed E-state index contributed by atoms with van der Waals surface area (Å²) in [6.07, 6.45) is 4.61. The molecule has 1 radical (unpaired) electrons. The monoisotopic (exact) mass is 2350 g/mol. The van der Waals surface area contributed by atoms with Crippen LogP contribution >= 0.6 is 48.8 Å². The van der Waals surface area contributed by atoms with Gasteiger partial charge in [-0.1, -0.05) is 82.3 Å². The average molecular weight is 2350 g/mol. The molecule has 3 unspecified atom stereocenters. The minimum absolute atomic E-state index is 0. The number of esters is 1. The molecule has 0 saturated carbocycles. The number of rotatable bonds is 30. The second-order valence-electron chi connectivity index (χ2n) is 18.6. The number of halogens is 1. The summed E-state index contributed by atoms with van der Waals surface area (Å²) in [5.41, 5.74) is 16.8. The Hall–Kier alpha value is -9.99. The van der Waals surface area contributed by atoms with E-state index in [1.54, 1.807) is 20.2 Å². The first-order chi connectivity index (χ1) is 40.0. The van der Waals surface area contributed by atoms with Gasteiger partial charge >= 0.3 is 50.2 Å². The van der Waals surface area contributed by atoms with Gasteiger partial charge in [-0.05, 0) is 121 Å². The Morgan fingerprint density at radius 3 is 1.71 bits per heavy atom. The van der Waals surface area contributed by atoms with E-state index >= 15 is 0 Å². The molecule has 6 rings (SSSR count). The summed E-state index contributed by atoms with van der Waals surface area (Å²) in [7, 11) is -2.25. The molecule has 511 valence electrons. The number of amides is 2.